The van der Waals surface area contributed by atoms with Crippen molar-refractivity contribution < 1.29 is 9.53 Å². The van der Waals surface area contributed by atoms with Crippen LogP contribution in [-0.2, 0) is 13.0 Å². The second kappa shape index (κ2) is 9.92. The highest BCUT2D eigenvalue weighted by atomic mass is 16.5. The molecule has 30 heavy (non-hydrogen) atoms. The number of amides is 1. The maximum Gasteiger partial charge on any atom is 0.255 e. The molecule has 5 nitrogen and oxygen atoms in total. The molecule has 156 valence electrons. The largest absolute Gasteiger partial charge is 0.457 e. The number of nitrogens with zero attached hydrogens (tertiary/aromatic N) is 1. The van der Waals surface area contributed by atoms with E-state index in [0.717, 1.165) is 29.2 Å². The number of rotatable bonds is 8. The fraction of sp³-hybridized carbons (Fsp3) is 0.280. The van der Waals surface area contributed by atoms with E-state index in [1.54, 1.807) is 12.1 Å². The highest BCUT2D eigenvalue weighted by Gasteiger charge is 2.10. The topological polar surface area (TPSA) is 77.2 Å². The van der Waals surface area contributed by atoms with Crippen molar-refractivity contribution in [1.82, 2.24) is 10.3 Å². The first-order valence-electron chi connectivity index (χ1n) is 10.3. The third-order valence-corrected chi connectivity index (χ3v) is 4.85. The van der Waals surface area contributed by atoms with Gasteiger partial charge in [0.25, 0.3) is 5.91 Å². The van der Waals surface area contributed by atoms with Crippen LogP contribution in [0, 0.1) is 12.8 Å². The van der Waals surface area contributed by atoms with Gasteiger partial charge in [-0.05, 0) is 73.2 Å². The summed E-state index contributed by atoms with van der Waals surface area (Å²) >= 11 is 0. The van der Waals surface area contributed by atoms with Crippen LogP contribution in [0.25, 0.3) is 0 Å². The van der Waals surface area contributed by atoms with Gasteiger partial charge in [0.05, 0.1) is 5.56 Å². The quantitative estimate of drug-likeness (QED) is 0.536. The lowest BCUT2D eigenvalue weighted by Crippen LogP contribution is -2.24. The summed E-state index contributed by atoms with van der Waals surface area (Å²) in [5.74, 6) is 2.28. The molecular formula is C25H29N3O2. The minimum absolute atomic E-state index is 0.238. The molecule has 0 aliphatic heterocycles. The average molecular weight is 404 g/mol. The van der Waals surface area contributed by atoms with Crippen molar-refractivity contribution in [2.75, 3.05) is 5.73 Å². The number of benzene rings is 2. The van der Waals surface area contributed by atoms with E-state index in [1.165, 1.54) is 12.0 Å². The number of nitrogens with two attached hydrogens (primary N) is 1. The van der Waals surface area contributed by atoms with Gasteiger partial charge in [0.2, 0.25) is 0 Å². The molecule has 1 aromatic heterocycles. The van der Waals surface area contributed by atoms with E-state index in [1.807, 2.05) is 43.3 Å². The number of pyridine rings is 1. The normalized spacial score (nSPS) is 10.8. The van der Waals surface area contributed by atoms with Crippen molar-refractivity contribution in [1.29, 1.82) is 0 Å². The van der Waals surface area contributed by atoms with Crippen molar-refractivity contribution in [2.45, 2.75) is 40.2 Å². The van der Waals surface area contributed by atoms with Gasteiger partial charge in [-0.25, -0.2) is 4.98 Å². The van der Waals surface area contributed by atoms with E-state index in [2.05, 4.69) is 36.3 Å². The number of carbonyl (C=O) groups excluding carboxylic acids is 1. The zero-order valence-electron chi connectivity index (χ0n) is 17.8. The zero-order chi connectivity index (χ0) is 21.5. The summed E-state index contributed by atoms with van der Waals surface area (Å²) in [6.45, 7) is 6.71. The Bertz CT molecular complexity index is 980. The van der Waals surface area contributed by atoms with Gasteiger partial charge < -0.3 is 15.8 Å². The number of nitrogens with one attached hydrogen (secondary N) is 1. The monoisotopic (exact) mass is 403 g/mol. The van der Waals surface area contributed by atoms with E-state index in [4.69, 9.17) is 10.5 Å². The minimum atomic E-state index is -0.238. The van der Waals surface area contributed by atoms with Crippen LogP contribution in [0.3, 0.4) is 0 Å². The van der Waals surface area contributed by atoms with Crippen molar-refractivity contribution in [3.63, 3.8) is 0 Å². The highest BCUT2D eigenvalue weighted by Crippen LogP contribution is 2.23. The Hall–Kier alpha value is -3.34. The summed E-state index contributed by atoms with van der Waals surface area (Å²) in [5.41, 5.74) is 9.30. The smallest absolute Gasteiger partial charge is 0.255 e. The van der Waals surface area contributed by atoms with Crippen LogP contribution in [0.15, 0.2) is 60.7 Å². The molecule has 1 heterocycles. The summed E-state index contributed by atoms with van der Waals surface area (Å²) in [4.78, 5) is 16.4. The summed E-state index contributed by atoms with van der Waals surface area (Å²) in [5, 5.41) is 2.87. The Kier molecular flexibility index (Phi) is 7.07. The van der Waals surface area contributed by atoms with Gasteiger partial charge in [-0.1, -0.05) is 38.1 Å². The van der Waals surface area contributed by atoms with Crippen LogP contribution >= 0.6 is 0 Å². The summed E-state index contributed by atoms with van der Waals surface area (Å²) < 4.78 is 5.92. The number of nitrogen functional groups attached to an aromatic ring is 1. The predicted molar refractivity (Wildman–Crippen MR) is 121 cm³/mol. The first-order valence-corrected chi connectivity index (χ1v) is 10.3. The molecule has 3 rings (SSSR count). The predicted octanol–water partition coefficient (Wildman–Crippen LogP) is 5.28. The van der Waals surface area contributed by atoms with Crippen LogP contribution in [0.4, 0.5) is 5.82 Å². The lowest BCUT2D eigenvalue weighted by Gasteiger charge is -2.10. The van der Waals surface area contributed by atoms with Crippen LogP contribution in [0.2, 0.25) is 0 Å². The third kappa shape index (κ3) is 6.08. The minimum Gasteiger partial charge on any atom is -0.457 e. The van der Waals surface area contributed by atoms with Gasteiger partial charge in [0.1, 0.15) is 17.3 Å². The lowest BCUT2D eigenvalue weighted by atomic mass is 10.0. The van der Waals surface area contributed by atoms with E-state index in [9.17, 15) is 4.79 Å². The molecule has 3 N–H and O–H groups in total. The van der Waals surface area contributed by atoms with Gasteiger partial charge >= 0.3 is 0 Å². The molecule has 0 saturated heterocycles. The van der Waals surface area contributed by atoms with E-state index in [-0.39, 0.29) is 11.7 Å². The SMILES string of the molecule is Cc1ccc(C(=O)NCc2ccc(Oc3ccc(CCC(C)C)cc3)cc2)c(N)n1. The van der Waals surface area contributed by atoms with Gasteiger partial charge in [-0.3, -0.25) is 4.79 Å². The van der Waals surface area contributed by atoms with Crippen LogP contribution in [0.5, 0.6) is 11.5 Å². The second-order valence-corrected chi connectivity index (χ2v) is 7.89. The number of aromatic nitrogens is 1. The van der Waals surface area contributed by atoms with Crippen molar-refractivity contribution in [3.05, 3.63) is 83.0 Å². The molecule has 0 saturated carbocycles. The van der Waals surface area contributed by atoms with Crippen LogP contribution in [0.1, 0.15) is 47.4 Å². The first-order chi connectivity index (χ1) is 14.4. The molecule has 3 aromatic rings. The summed E-state index contributed by atoms with van der Waals surface area (Å²) in [6, 6.07) is 19.4. The Labute approximate surface area is 178 Å². The summed E-state index contributed by atoms with van der Waals surface area (Å²) in [6.07, 6.45) is 2.27. The molecule has 2 aromatic carbocycles. The fourth-order valence-electron chi connectivity index (χ4n) is 3.04. The molecule has 1 amide bonds. The number of carbonyl (C=O) groups is 1. The van der Waals surface area contributed by atoms with E-state index < -0.39 is 0 Å². The maximum absolute atomic E-state index is 12.3. The molecule has 0 atom stereocenters. The molecule has 0 aliphatic carbocycles. The van der Waals surface area contributed by atoms with E-state index >= 15 is 0 Å². The number of ether oxygens (including phenoxy) is 1. The lowest BCUT2D eigenvalue weighted by molar-refractivity contribution is 0.0951. The van der Waals surface area contributed by atoms with Crippen LogP contribution < -0.4 is 15.8 Å². The van der Waals surface area contributed by atoms with Gasteiger partial charge in [0.15, 0.2) is 0 Å². The molecule has 0 aliphatic rings. The number of aryl methyl sites for hydroxylation is 2. The Morgan fingerprint density at radius 2 is 1.57 bits per heavy atom. The number of hydrogen-bond acceptors (Lipinski definition) is 4. The van der Waals surface area contributed by atoms with E-state index in [0.29, 0.717) is 18.0 Å². The van der Waals surface area contributed by atoms with Crippen molar-refractivity contribution in [2.24, 2.45) is 5.92 Å². The third-order valence-electron chi connectivity index (χ3n) is 4.85. The van der Waals surface area contributed by atoms with Crippen LogP contribution in [-0.4, -0.2) is 10.9 Å². The van der Waals surface area contributed by atoms with Gasteiger partial charge in [-0.2, -0.15) is 0 Å². The molecule has 0 unspecified atom stereocenters. The fourth-order valence-corrected chi connectivity index (χ4v) is 3.04. The Morgan fingerprint density at radius 3 is 2.13 bits per heavy atom. The number of anilines is 1. The Morgan fingerprint density at radius 1 is 0.967 bits per heavy atom. The van der Waals surface area contributed by atoms with Crippen molar-refractivity contribution >= 4 is 11.7 Å². The zero-order valence-corrected chi connectivity index (χ0v) is 17.8. The highest BCUT2D eigenvalue weighted by molar-refractivity contribution is 5.98. The molecule has 0 radical (unpaired) electrons. The Balaban J connectivity index is 1.53. The first kappa shape index (κ1) is 21.4. The van der Waals surface area contributed by atoms with Crippen molar-refractivity contribution in [3.8, 4) is 11.5 Å². The average Bonchev–Trinajstić information content (AvgIpc) is 2.72. The standard InChI is InChI=1S/C25H29N3O2/c1-17(2)4-6-19-7-11-21(12-8-19)30-22-13-9-20(10-14-22)16-27-25(29)23-15-5-18(3)28-24(23)26/h5,7-15,17H,4,6,16H2,1-3H3,(H2,26,28)(H,27,29). The molecule has 0 spiro atoms. The number of hydrogen-bond donors (Lipinski definition) is 2. The molecule has 5 heteroatoms. The second-order valence-electron chi connectivity index (χ2n) is 7.89. The van der Waals surface area contributed by atoms with Gasteiger partial charge in [-0.15, -0.1) is 0 Å². The molecule has 0 fully saturated rings. The molecule has 0 bridgehead atoms. The van der Waals surface area contributed by atoms with Gasteiger partial charge in [0, 0.05) is 12.2 Å². The summed E-state index contributed by atoms with van der Waals surface area (Å²) in [7, 11) is 0. The maximum atomic E-state index is 12.3. The molecular weight excluding hydrogens is 374 g/mol.